The van der Waals surface area contributed by atoms with E-state index in [0.29, 0.717) is 37.4 Å². The summed E-state index contributed by atoms with van der Waals surface area (Å²) in [6, 6.07) is 7.60. The Hall–Kier alpha value is -2.96. The Labute approximate surface area is 177 Å². The summed E-state index contributed by atoms with van der Waals surface area (Å²) in [7, 11) is 1.63. The minimum Gasteiger partial charge on any atom is -0.496 e. The third kappa shape index (κ3) is 3.64. The van der Waals surface area contributed by atoms with Crippen molar-refractivity contribution in [3.8, 4) is 5.75 Å². The number of para-hydroxylation sites is 1. The molecule has 3 heterocycles. The molecule has 0 aliphatic carbocycles. The van der Waals surface area contributed by atoms with E-state index in [2.05, 4.69) is 0 Å². The molecule has 30 heavy (non-hydrogen) atoms. The molecule has 1 saturated heterocycles. The average Bonchev–Trinajstić information content (AvgIpc) is 3.25. The predicted molar refractivity (Wildman–Crippen MR) is 113 cm³/mol. The van der Waals surface area contributed by atoms with Crippen LogP contribution in [0.2, 0.25) is 0 Å². The van der Waals surface area contributed by atoms with E-state index in [4.69, 9.17) is 14.7 Å². The van der Waals surface area contributed by atoms with Gasteiger partial charge in [0.2, 0.25) is 11.8 Å². The molecule has 7 heteroatoms. The summed E-state index contributed by atoms with van der Waals surface area (Å²) in [5.74, 6) is 2.24. The summed E-state index contributed by atoms with van der Waals surface area (Å²) in [6.45, 7) is 4.99. The molecule has 2 aliphatic heterocycles. The highest BCUT2D eigenvalue weighted by atomic mass is 16.5. The number of nitrogens with zero attached hydrogens (tertiary/aromatic N) is 4. The van der Waals surface area contributed by atoms with Crippen LogP contribution in [-0.4, -0.2) is 40.3 Å². The van der Waals surface area contributed by atoms with E-state index in [1.807, 2.05) is 43.0 Å². The fourth-order valence-corrected chi connectivity index (χ4v) is 4.46. The fraction of sp³-hybridized carbons (Fsp3) is 0.478. The van der Waals surface area contributed by atoms with Crippen LogP contribution in [0.3, 0.4) is 0 Å². The number of likely N-dealkylation sites (tertiary alicyclic amines) is 1. The number of anilines is 1. The highest BCUT2D eigenvalue weighted by molar-refractivity contribution is 5.95. The number of carbonyl (C=O) groups is 2. The fourth-order valence-electron chi connectivity index (χ4n) is 4.46. The van der Waals surface area contributed by atoms with Crippen LogP contribution < -0.4 is 9.64 Å². The molecule has 7 nitrogen and oxygen atoms in total. The Kier molecular flexibility index (Phi) is 5.70. The van der Waals surface area contributed by atoms with Gasteiger partial charge >= 0.3 is 0 Å². The number of aromatic nitrogens is 2. The Morgan fingerprint density at radius 1 is 1.23 bits per heavy atom. The van der Waals surface area contributed by atoms with Crippen molar-refractivity contribution in [3.63, 3.8) is 0 Å². The van der Waals surface area contributed by atoms with Crippen molar-refractivity contribution in [3.05, 3.63) is 46.9 Å². The topological polar surface area (TPSA) is 75.6 Å². The maximum Gasteiger partial charge on any atom is 0.228 e. The van der Waals surface area contributed by atoms with Gasteiger partial charge in [0, 0.05) is 36.2 Å². The van der Waals surface area contributed by atoms with Crippen LogP contribution in [0, 0.1) is 6.92 Å². The van der Waals surface area contributed by atoms with Crippen LogP contribution in [0.15, 0.2) is 24.3 Å². The van der Waals surface area contributed by atoms with Gasteiger partial charge in [0.25, 0.3) is 0 Å². The first kappa shape index (κ1) is 20.3. The number of ether oxygens (including phenoxy) is 1. The number of amides is 2. The molecule has 2 aromatic rings. The second kappa shape index (κ2) is 8.42. The highest BCUT2D eigenvalue weighted by Gasteiger charge is 2.34. The van der Waals surface area contributed by atoms with Gasteiger partial charge in [-0.3, -0.25) is 14.5 Å². The van der Waals surface area contributed by atoms with Gasteiger partial charge in [-0.25, -0.2) is 9.97 Å². The SMILES string of the molecule is CCC(=O)N1CCC[C@@H]1c1nc(C)c2c(n1)N(Cc1ccccc1OC)C(=O)CC2. The molecule has 0 saturated carbocycles. The van der Waals surface area contributed by atoms with Crippen molar-refractivity contribution in [2.24, 2.45) is 0 Å². The second-order valence-corrected chi connectivity index (χ2v) is 7.86. The molecule has 1 aromatic heterocycles. The lowest BCUT2D eigenvalue weighted by Crippen LogP contribution is -2.37. The molecule has 158 valence electrons. The summed E-state index contributed by atoms with van der Waals surface area (Å²) in [4.78, 5) is 38.5. The van der Waals surface area contributed by atoms with Gasteiger partial charge in [0.15, 0.2) is 5.82 Å². The number of hydrogen-bond acceptors (Lipinski definition) is 5. The number of benzene rings is 1. The van der Waals surface area contributed by atoms with Crippen molar-refractivity contribution in [2.45, 2.75) is 58.5 Å². The van der Waals surface area contributed by atoms with Crippen LogP contribution in [0.25, 0.3) is 0 Å². The summed E-state index contributed by atoms with van der Waals surface area (Å²) in [5, 5.41) is 0. The zero-order valence-electron chi connectivity index (χ0n) is 17.9. The van der Waals surface area contributed by atoms with E-state index < -0.39 is 0 Å². The first-order chi connectivity index (χ1) is 14.5. The van der Waals surface area contributed by atoms with Gasteiger partial charge in [-0.2, -0.15) is 0 Å². The van der Waals surface area contributed by atoms with Crippen LogP contribution in [-0.2, 0) is 22.6 Å². The number of rotatable bonds is 5. The van der Waals surface area contributed by atoms with Crippen molar-refractivity contribution in [1.82, 2.24) is 14.9 Å². The van der Waals surface area contributed by atoms with E-state index in [-0.39, 0.29) is 17.9 Å². The van der Waals surface area contributed by atoms with E-state index in [0.717, 1.165) is 42.0 Å². The van der Waals surface area contributed by atoms with Crippen molar-refractivity contribution in [1.29, 1.82) is 0 Å². The summed E-state index contributed by atoms with van der Waals surface area (Å²) in [5.41, 5.74) is 2.84. The zero-order valence-corrected chi connectivity index (χ0v) is 17.9. The van der Waals surface area contributed by atoms with Crippen LogP contribution in [0.1, 0.15) is 61.3 Å². The molecule has 2 amide bonds. The normalized spacial score (nSPS) is 18.5. The molecule has 1 aromatic carbocycles. The highest BCUT2D eigenvalue weighted by Crippen LogP contribution is 2.35. The van der Waals surface area contributed by atoms with Gasteiger partial charge in [-0.05, 0) is 32.3 Å². The molecular weight excluding hydrogens is 380 g/mol. The van der Waals surface area contributed by atoms with E-state index in [1.54, 1.807) is 12.0 Å². The monoisotopic (exact) mass is 408 g/mol. The molecule has 0 spiro atoms. The van der Waals surface area contributed by atoms with Gasteiger partial charge in [-0.1, -0.05) is 25.1 Å². The second-order valence-electron chi connectivity index (χ2n) is 7.86. The third-order valence-corrected chi connectivity index (χ3v) is 6.05. The van der Waals surface area contributed by atoms with E-state index in [1.165, 1.54) is 0 Å². The smallest absolute Gasteiger partial charge is 0.228 e. The molecule has 0 unspecified atom stereocenters. The number of methoxy groups -OCH3 is 1. The standard InChI is InChI=1S/C23H28N4O3/c1-4-20(28)26-13-7-9-18(26)22-24-15(2)17-11-12-21(29)27(23(17)25-22)14-16-8-5-6-10-19(16)30-3/h5-6,8,10,18H,4,7,9,11-14H2,1-3H3/t18-/m1/s1. The molecule has 0 radical (unpaired) electrons. The lowest BCUT2D eigenvalue weighted by atomic mass is 10.0. The zero-order chi connectivity index (χ0) is 21.3. The minimum absolute atomic E-state index is 0.0466. The van der Waals surface area contributed by atoms with E-state index in [9.17, 15) is 9.59 Å². The van der Waals surface area contributed by atoms with Gasteiger partial charge in [0.1, 0.15) is 11.6 Å². The van der Waals surface area contributed by atoms with Crippen LogP contribution >= 0.6 is 0 Å². The Balaban J connectivity index is 1.73. The van der Waals surface area contributed by atoms with Gasteiger partial charge in [-0.15, -0.1) is 0 Å². The number of fused-ring (bicyclic) bond motifs is 1. The first-order valence-electron chi connectivity index (χ1n) is 10.6. The molecule has 1 atom stereocenters. The Morgan fingerprint density at radius 3 is 2.80 bits per heavy atom. The van der Waals surface area contributed by atoms with Crippen LogP contribution in [0.5, 0.6) is 5.75 Å². The number of aryl methyl sites for hydroxylation is 1. The van der Waals surface area contributed by atoms with Crippen molar-refractivity contribution in [2.75, 3.05) is 18.6 Å². The minimum atomic E-state index is -0.119. The summed E-state index contributed by atoms with van der Waals surface area (Å²) < 4.78 is 5.48. The lowest BCUT2D eigenvalue weighted by Gasteiger charge is -2.31. The largest absolute Gasteiger partial charge is 0.496 e. The average molecular weight is 409 g/mol. The Bertz CT molecular complexity index is 975. The summed E-state index contributed by atoms with van der Waals surface area (Å²) in [6.07, 6.45) is 3.35. The molecule has 2 aliphatic rings. The maximum absolute atomic E-state index is 12.9. The third-order valence-electron chi connectivity index (χ3n) is 6.05. The molecule has 0 N–H and O–H groups in total. The van der Waals surface area contributed by atoms with E-state index >= 15 is 0 Å². The molecule has 4 rings (SSSR count). The lowest BCUT2D eigenvalue weighted by molar-refractivity contribution is -0.132. The summed E-state index contributed by atoms with van der Waals surface area (Å²) >= 11 is 0. The van der Waals surface area contributed by atoms with Crippen molar-refractivity contribution >= 4 is 17.6 Å². The van der Waals surface area contributed by atoms with Gasteiger partial charge in [0.05, 0.1) is 19.7 Å². The molecule has 0 bridgehead atoms. The predicted octanol–water partition coefficient (Wildman–Crippen LogP) is 3.35. The first-order valence-corrected chi connectivity index (χ1v) is 10.6. The van der Waals surface area contributed by atoms with Crippen molar-refractivity contribution < 1.29 is 14.3 Å². The quantitative estimate of drug-likeness (QED) is 0.758. The number of hydrogen-bond donors (Lipinski definition) is 0. The van der Waals surface area contributed by atoms with Crippen LogP contribution in [0.4, 0.5) is 5.82 Å². The number of carbonyl (C=O) groups excluding carboxylic acids is 2. The molecular formula is C23H28N4O3. The Morgan fingerprint density at radius 2 is 2.03 bits per heavy atom. The maximum atomic E-state index is 12.9. The molecule has 1 fully saturated rings. The van der Waals surface area contributed by atoms with Gasteiger partial charge < -0.3 is 9.64 Å².